The molecule has 0 atom stereocenters. The monoisotopic (exact) mass is 261 g/mol. The maximum atomic E-state index is 8.92. The molecule has 2 aromatic heterocycles. The predicted molar refractivity (Wildman–Crippen MR) is 69.3 cm³/mol. The van der Waals surface area contributed by atoms with Gasteiger partial charge in [0.05, 0.1) is 11.8 Å². The molecule has 18 heavy (non-hydrogen) atoms. The third-order valence-corrected chi connectivity index (χ3v) is 2.90. The Morgan fingerprint density at radius 1 is 1.56 bits per heavy atom. The van der Waals surface area contributed by atoms with Crippen LogP contribution in [-0.2, 0) is 13.6 Å². The Balaban J connectivity index is 2.24. The summed E-state index contributed by atoms with van der Waals surface area (Å²) in [7, 11) is 3.74. The van der Waals surface area contributed by atoms with Crippen LogP contribution in [0.3, 0.4) is 0 Å². The number of halogens is 1. The van der Waals surface area contributed by atoms with E-state index in [1.807, 2.05) is 31.3 Å². The van der Waals surface area contributed by atoms with Gasteiger partial charge in [-0.15, -0.1) is 0 Å². The summed E-state index contributed by atoms with van der Waals surface area (Å²) < 4.78 is 1.74. The average molecular weight is 262 g/mol. The van der Waals surface area contributed by atoms with E-state index < -0.39 is 0 Å². The lowest BCUT2D eigenvalue weighted by Crippen LogP contribution is -2.18. The van der Waals surface area contributed by atoms with Gasteiger partial charge in [0.15, 0.2) is 0 Å². The van der Waals surface area contributed by atoms with Crippen molar-refractivity contribution in [1.82, 2.24) is 14.8 Å². The minimum Gasteiger partial charge on any atom is -0.354 e. The number of aryl methyl sites for hydroxylation is 1. The molecule has 0 radical (unpaired) electrons. The number of aromatic nitrogens is 3. The molecule has 2 heterocycles. The highest BCUT2D eigenvalue weighted by atomic mass is 35.5. The summed E-state index contributed by atoms with van der Waals surface area (Å²) in [5, 5.41) is 13.4. The number of nitriles is 1. The van der Waals surface area contributed by atoms with Crippen molar-refractivity contribution in [3.63, 3.8) is 0 Å². The first-order valence-electron chi connectivity index (χ1n) is 5.35. The summed E-state index contributed by atoms with van der Waals surface area (Å²) >= 11 is 6.13. The molecule has 0 aliphatic rings. The van der Waals surface area contributed by atoms with Crippen molar-refractivity contribution >= 4 is 17.4 Å². The van der Waals surface area contributed by atoms with Gasteiger partial charge in [-0.2, -0.15) is 10.4 Å². The highest BCUT2D eigenvalue weighted by molar-refractivity contribution is 6.34. The van der Waals surface area contributed by atoms with E-state index >= 15 is 0 Å². The van der Waals surface area contributed by atoms with Gasteiger partial charge in [-0.3, -0.25) is 4.68 Å². The molecule has 92 valence electrons. The molecule has 0 spiro atoms. The van der Waals surface area contributed by atoms with Gasteiger partial charge in [-0.25, -0.2) is 4.98 Å². The number of hydrogen-bond acceptors (Lipinski definition) is 4. The van der Waals surface area contributed by atoms with Gasteiger partial charge in [0.1, 0.15) is 16.9 Å². The quantitative estimate of drug-likeness (QED) is 0.848. The molecule has 5 nitrogen and oxygen atoms in total. The smallest absolute Gasteiger partial charge is 0.148 e. The SMILES string of the molecule is CN(Cc1cnn(C)c1)c1nccc(C#N)c1Cl. The van der Waals surface area contributed by atoms with Crippen LogP contribution in [0.1, 0.15) is 11.1 Å². The summed E-state index contributed by atoms with van der Waals surface area (Å²) in [5.41, 5.74) is 1.49. The summed E-state index contributed by atoms with van der Waals surface area (Å²) in [6.45, 7) is 0.634. The van der Waals surface area contributed by atoms with Gasteiger partial charge in [0.2, 0.25) is 0 Å². The van der Waals surface area contributed by atoms with Crippen LogP contribution < -0.4 is 4.90 Å². The molecule has 0 aliphatic carbocycles. The van der Waals surface area contributed by atoms with Crippen LogP contribution in [0.15, 0.2) is 24.7 Å². The van der Waals surface area contributed by atoms with E-state index in [1.165, 1.54) is 0 Å². The Morgan fingerprint density at radius 3 is 2.94 bits per heavy atom. The average Bonchev–Trinajstić information content (AvgIpc) is 2.75. The fraction of sp³-hybridized carbons (Fsp3) is 0.250. The van der Waals surface area contributed by atoms with Crippen LogP contribution in [-0.4, -0.2) is 21.8 Å². The van der Waals surface area contributed by atoms with E-state index in [0.717, 1.165) is 5.56 Å². The van der Waals surface area contributed by atoms with Crippen molar-refractivity contribution in [1.29, 1.82) is 5.26 Å². The number of rotatable bonds is 3. The molecule has 0 unspecified atom stereocenters. The van der Waals surface area contributed by atoms with Crippen molar-refractivity contribution in [3.05, 3.63) is 40.8 Å². The first-order valence-corrected chi connectivity index (χ1v) is 5.73. The lowest BCUT2D eigenvalue weighted by Gasteiger charge is -2.18. The molecular formula is C12H12ClN5. The third kappa shape index (κ3) is 2.44. The van der Waals surface area contributed by atoms with Gasteiger partial charge < -0.3 is 4.90 Å². The second-order valence-corrected chi connectivity index (χ2v) is 4.36. The summed E-state index contributed by atoms with van der Waals surface area (Å²) in [6.07, 6.45) is 5.30. The normalized spacial score (nSPS) is 10.1. The molecule has 2 aromatic rings. The first-order chi connectivity index (χ1) is 8.61. The highest BCUT2D eigenvalue weighted by Crippen LogP contribution is 2.26. The summed E-state index contributed by atoms with van der Waals surface area (Å²) in [4.78, 5) is 6.09. The van der Waals surface area contributed by atoms with Crippen LogP contribution in [0.25, 0.3) is 0 Å². The molecular weight excluding hydrogens is 250 g/mol. The molecule has 0 N–H and O–H groups in total. The van der Waals surface area contributed by atoms with Gasteiger partial charge in [0.25, 0.3) is 0 Å². The Morgan fingerprint density at radius 2 is 2.33 bits per heavy atom. The molecule has 0 saturated heterocycles. The number of hydrogen-bond donors (Lipinski definition) is 0. The van der Waals surface area contributed by atoms with Crippen LogP contribution in [0.2, 0.25) is 5.02 Å². The molecule has 0 fully saturated rings. The second-order valence-electron chi connectivity index (χ2n) is 3.99. The lowest BCUT2D eigenvalue weighted by atomic mass is 10.2. The fourth-order valence-electron chi connectivity index (χ4n) is 1.69. The van der Waals surface area contributed by atoms with Crippen molar-refractivity contribution in [3.8, 4) is 6.07 Å². The molecule has 0 aliphatic heterocycles. The number of nitrogens with zero attached hydrogens (tertiary/aromatic N) is 5. The number of pyridine rings is 1. The van der Waals surface area contributed by atoms with Crippen LogP contribution in [0, 0.1) is 11.3 Å². The first kappa shape index (κ1) is 12.4. The number of anilines is 1. The molecule has 0 saturated carbocycles. The Kier molecular flexibility index (Phi) is 3.49. The van der Waals surface area contributed by atoms with Crippen molar-refractivity contribution in [2.45, 2.75) is 6.54 Å². The van der Waals surface area contributed by atoms with Gasteiger partial charge >= 0.3 is 0 Å². The zero-order valence-corrected chi connectivity index (χ0v) is 10.9. The topological polar surface area (TPSA) is 57.7 Å². The van der Waals surface area contributed by atoms with Crippen molar-refractivity contribution in [2.24, 2.45) is 7.05 Å². The molecule has 6 heteroatoms. The standard InChI is InChI=1S/C12H12ClN5/c1-17(7-9-6-16-18(2)8-9)12-11(13)10(5-14)3-4-15-12/h3-4,6,8H,7H2,1-2H3. The maximum absolute atomic E-state index is 8.92. The fourth-order valence-corrected chi connectivity index (χ4v) is 1.99. The molecule has 0 aromatic carbocycles. The lowest BCUT2D eigenvalue weighted by molar-refractivity contribution is 0.766. The Hall–Kier alpha value is -2.06. The minimum atomic E-state index is 0.381. The molecule has 2 rings (SSSR count). The van der Waals surface area contributed by atoms with E-state index in [-0.39, 0.29) is 0 Å². The van der Waals surface area contributed by atoms with E-state index in [0.29, 0.717) is 22.9 Å². The van der Waals surface area contributed by atoms with E-state index in [1.54, 1.807) is 23.1 Å². The van der Waals surface area contributed by atoms with Crippen molar-refractivity contribution in [2.75, 3.05) is 11.9 Å². The molecule has 0 bridgehead atoms. The van der Waals surface area contributed by atoms with Crippen LogP contribution in [0.4, 0.5) is 5.82 Å². The predicted octanol–water partition coefficient (Wildman–Crippen LogP) is 1.98. The highest BCUT2D eigenvalue weighted by Gasteiger charge is 2.12. The second kappa shape index (κ2) is 5.07. The van der Waals surface area contributed by atoms with Crippen LogP contribution in [0.5, 0.6) is 0 Å². The summed E-state index contributed by atoms with van der Waals surface area (Å²) in [6, 6.07) is 3.64. The maximum Gasteiger partial charge on any atom is 0.148 e. The van der Waals surface area contributed by atoms with E-state index in [9.17, 15) is 0 Å². The summed E-state index contributed by atoms with van der Waals surface area (Å²) in [5.74, 6) is 0.597. The largest absolute Gasteiger partial charge is 0.354 e. The van der Waals surface area contributed by atoms with Gasteiger partial charge in [-0.1, -0.05) is 11.6 Å². The minimum absolute atomic E-state index is 0.381. The van der Waals surface area contributed by atoms with Gasteiger partial charge in [0, 0.05) is 38.6 Å². The van der Waals surface area contributed by atoms with Crippen LogP contribution >= 0.6 is 11.6 Å². The third-order valence-electron chi connectivity index (χ3n) is 2.53. The van der Waals surface area contributed by atoms with E-state index in [2.05, 4.69) is 10.1 Å². The Bertz CT molecular complexity index is 599. The van der Waals surface area contributed by atoms with Crippen molar-refractivity contribution < 1.29 is 0 Å². The zero-order valence-electron chi connectivity index (χ0n) is 10.1. The molecule has 0 amide bonds. The van der Waals surface area contributed by atoms with Gasteiger partial charge in [-0.05, 0) is 6.07 Å². The van der Waals surface area contributed by atoms with E-state index in [4.69, 9.17) is 16.9 Å². The Labute approximate surface area is 110 Å². The zero-order chi connectivity index (χ0) is 13.1.